The quantitative estimate of drug-likeness (QED) is 0.828. The molecule has 0 aliphatic carbocycles. The van der Waals surface area contributed by atoms with E-state index in [0.29, 0.717) is 6.04 Å². The zero-order valence-electron chi connectivity index (χ0n) is 12.9. The molecule has 0 amide bonds. The first kappa shape index (κ1) is 15.3. The van der Waals surface area contributed by atoms with E-state index in [2.05, 4.69) is 42.4 Å². The van der Waals surface area contributed by atoms with Crippen LogP contribution < -0.4 is 10.1 Å². The fourth-order valence-electron chi connectivity index (χ4n) is 2.75. The van der Waals surface area contributed by atoms with E-state index in [9.17, 15) is 0 Å². The zero-order chi connectivity index (χ0) is 14.2. The lowest BCUT2D eigenvalue weighted by Crippen LogP contribution is -2.42. The van der Waals surface area contributed by atoms with E-state index < -0.39 is 0 Å². The standard InChI is InChI=1S/C17H28N2O/c1-3-11-20-17-9-6-7-15(12-17)13-18-14-16-8-4-5-10-19(16)2/h6-7,9,12,16,18H,3-5,8,10-11,13-14H2,1-2H3. The molecule has 3 nitrogen and oxygen atoms in total. The third-order valence-corrected chi connectivity index (χ3v) is 4.00. The highest BCUT2D eigenvalue weighted by molar-refractivity contribution is 5.28. The van der Waals surface area contributed by atoms with Crippen molar-refractivity contribution in [2.75, 3.05) is 26.7 Å². The minimum atomic E-state index is 0.697. The predicted molar refractivity (Wildman–Crippen MR) is 84.2 cm³/mol. The minimum Gasteiger partial charge on any atom is -0.494 e. The second kappa shape index (κ2) is 8.28. The Hall–Kier alpha value is -1.06. The highest BCUT2D eigenvalue weighted by Gasteiger charge is 2.17. The van der Waals surface area contributed by atoms with Crippen molar-refractivity contribution in [3.63, 3.8) is 0 Å². The van der Waals surface area contributed by atoms with Gasteiger partial charge in [0.1, 0.15) is 5.75 Å². The Kier molecular flexibility index (Phi) is 6.34. The Morgan fingerprint density at radius 1 is 1.35 bits per heavy atom. The number of piperidine rings is 1. The summed E-state index contributed by atoms with van der Waals surface area (Å²) in [6, 6.07) is 9.12. The molecule has 2 rings (SSSR count). The van der Waals surface area contributed by atoms with Crippen molar-refractivity contribution in [2.24, 2.45) is 0 Å². The van der Waals surface area contributed by atoms with E-state index in [4.69, 9.17) is 4.74 Å². The number of ether oxygens (including phenoxy) is 1. The van der Waals surface area contributed by atoms with Crippen molar-refractivity contribution >= 4 is 0 Å². The van der Waals surface area contributed by atoms with Crippen LogP contribution in [0.4, 0.5) is 0 Å². The molecule has 0 aromatic heterocycles. The number of rotatable bonds is 7. The van der Waals surface area contributed by atoms with Gasteiger partial charge in [0, 0.05) is 19.1 Å². The lowest BCUT2D eigenvalue weighted by molar-refractivity contribution is 0.181. The topological polar surface area (TPSA) is 24.5 Å². The number of likely N-dealkylation sites (N-methyl/N-ethyl adjacent to an activating group) is 1. The molecule has 0 bridgehead atoms. The van der Waals surface area contributed by atoms with Crippen molar-refractivity contribution in [1.82, 2.24) is 10.2 Å². The first-order valence-electron chi connectivity index (χ1n) is 7.92. The van der Waals surface area contributed by atoms with Crippen LogP contribution in [0.1, 0.15) is 38.2 Å². The Labute approximate surface area is 123 Å². The molecule has 3 heteroatoms. The first-order chi connectivity index (χ1) is 9.79. The van der Waals surface area contributed by atoms with Crippen molar-refractivity contribution in [2.45, 2.75) is 45.2 Å². The molecule has 1 aliphatic rings. The fraction of sp³-hybridized carbons (Fsp3) is 0.647. The molecule has 1 N–H and O–H groups in total. The molecule has 1 saturated heterocycles. The first-order valence-corrected chi connectivity index (χ1v) is 7.92. The molecule has 1 aliphatic heterocycles. The van der Waals surface area contributed by atoms with Gasteiger partial charge in [0.15, 0.2) is 0 Å². The molecule has 0 spiro atoms. The second-order valence-electron chi connectivity index (χ2n) is 5.76. The smallest absolute Gasteiger partial charge is 0.119 e. The molecular weight excluding hydrogens is 248 g/mol. The normalized spacial score (nSPS) is 20.0. The van der Waals surface area contributed by atoms with Gasteiger partial charge in [-0.1, -0.05) is 25.5 Å². The summed E-state index contributed by atoms with van der Waals surface area (Å²) in [4.78, 5) is 2.48. The molecule has 1 atom stereocenters. The SMILES string of the molecule is CCCOc1cccc(CNCC2CCCCN2C)c1. The third-order valence-electron chi connectivity index (χ3n) is 4.00. The summed E-state index contributed by atoms with van der Waals surface area (Å²) in [7, 11) is 2.24. The predicted octanol–water partition coefficient (Wildman–Crippen LogP) is 3.05. The number of benzene rings is 1. The van der Waals surface area contributed by atoms with E-state index in [-0.39, 0.29) is 0 Å². The summed E-state index contributed by atoms with van der Waals surface area (Å²) in [5.41, 5.74) is 1.30. The summed E-state index contributed by atoms with van der Waals surface area (Å²) < 4.78 is 5.67. The average Bonchev–Trinajstić information content (AvgIpc) is 2.48. The van der Waals surface area contributed by atoms with Gasteiger partial charge in [-0.2, -0.15) is 0 Å². The molecule has 1 aromatic carbocycles. The lowest BCUT2D eigenvalue weighted by atomic mass is 10.0. The average molecular weight is 276 g/mol. The molecule has 1 fully saturated rings. The van der Waals surface area contributed by atoms with Gasteiger partial charge in [-0.15, -0.1) is 0 Å². The second-order valence-corrected chi connectivity index (χ2v) is 5.76. The van der Waals surface area contributed by atoms with Crippen molar-refractivity contribution < 1.29 is 4.74 Å². The van der Waals surface area contributed by atoms with E-state index in [1.54, 1.807) is 0 Å². The molecule has 1 aromatic rings. The number of hydrogen-bond donors (Lipinski definition) is 1. The highest BCUT2D eigenvalue weighted by atomic mass is 16.5. The van der Waals surface area contributed by atoms with Gasteiger partial charge in [-0.05, 0) is 50.6 Å². The van der Waals surface area contributed by atoms with Crippen LogP contribution in [0, 0.1) is 0 Å². The monoisotopic (exact) mass is 276 g/mol. The lowest BCUT2D eigenvalue weighted by Gasteiger charge is -2.32. The minimum absolute atomic E-state index is 0.697. The van der Waals surface area contributed by atoms with Gasteiger partial charge in [0.05, 0.1) is 6.61 Å². The van der Waals surface area contributed by atoms with Crippen LogP contribution in [-0.4, -0.2) is 37.7 Å². The van der Waals surface area contributed by atoms with Gasteiger partial charge >= 0.3 is 0 Å². The van der Waals surface area contributed by atoms with Crippen molar-refractivity contribution in [3.8, 4) is 5.75 Å². The Balaban J connectivity index is 1.75. The van der Waals surface area contributed by atoms with Gasteiger partial charge in [0.2, 0.25) is 0 Å². The van der Waals surface area contributed by atoms with E-state index in [1.807, 2.05) is 6.07 Å². The highest BCUT2D eigenvalue weighted by Crippen LogP contribution is 2.15. The zero-order valence-corrected chi connectivity index (χ0v) is 12.9. The van der Waals surface area contributed by atoms with Crippen LogP contribution in [0.15, 0.2) is 24.3 Å². The molecule has 1 unspecified atom stereocenters. The molecule has 20 heavy (non-hydrogen) atoms. The molecule has 1 heterocycles. The summed E-state index contributed by atoms with van der Waals surface area (Å²) in [5, 5.41) is 3.59. The van der Waals surface area contributed by atoms with Crippen LogP contribution in [0.25, 0.3) is 0 Å². The van der Waals surface area contributed by atoms with E-state index in [0.717, 1.165) is 31.9 Å². The van der Waals surface area contributed by atoms with Gasteiger partial charge in [-0.25, -0.2) is 0 Å². The Morgan fingerprint density at radius 2 is 2.25 bits per heavy atom. The van der Waals surface area contributed by atoms with Gasteiger partial charge in [-0.3, -0.25) is 0 Å². The number of nitrogens with zero attached hydrogens (tertiary/aromatic N) is 1. The molecule has 0 radical (unpaired) electrons. The van der Waals surface area contributed by atoms with Crippen LogP contribution in [0.5, 0.6) is 5.75 Å². The Bertz CT molecular complexity index is 394. The number of likely N-dealkylation sites (tertiary alicyclic amines) is 1. The largest absolute Gasteiger partial charge is 0.494 e. The summed E-state index contributed by atoms with van der Waals surface area (Å²) >= 11 is 0. The van der Waals surface area contributed by atoms with Crippen molar-refractivity contribution in [3.05, 3.63) is 29.8 Å². The van der Waals surface area contributed by atoms with Crippen LogP contribution >= 0.6 is 0 Å². The number of hydrogen-bond acceptors (Lipinski definition) is 3. The fourth-order valence-corrected chi connectivity index (χ4v) is 2.75. The maximum absolute atomic E-state index is 5.67. The number of nitrogens with one attached hydrogen (secondary N) is 1. The van der Waals surface area contributed by atoms with E-state index in [1.165, 1.54) is 31.4 Å². The maximum atomic E-state index is 5.67. The molecule has 112 valence electrons. The maximum Gasteiger partial charge on any atom is 0.119 e. The molecule has 0 saturated carbocycles. The van der Waals surface area contributed by atoms with Crippen LogP contribution in [0.2, 0.25) is 0 Å². The Morgan fingerprint density at radius 3 is 3.05 bits per heavy atom. The van der Waals surface area contributed by atoms with Crippen LogP contribution in [0.3, 0.4) is 0 Å². The third kappa shape index (κ3) is 4.80. The molecular formula is C17H28N2O. The van der Waals surface area contributed by atoms with Crippen molar-refractivity contribution in [1.29, 1.82) is 0 Å². The van der Waals surface area contributed by atoms with Gasteiger partial charge in [0.25, 0.3) is 0 Å². The van der Waals surface area contributed by atoms with Crippen LogP contribution in [-0.2, 0) is 6.54 Å². The summed E-state index contributed by atoms with van der Waals surface area (Å²) in [6.07, 6.45) is 5.10. The summed E-state index contributed by atoms with van der Waals surface area (Å²) in [6.45, 7) is 6.17. The van der Waals surface area contributed by atoms with E-state index >= 15 is 0 Å². The van der Waals surface area contributed by atoms with Gasteiger partial charge < -0.3 is 15.0 Å². The summed E-state index contributed by atoms with van der Waals surface area (Å²) in [5.74, 6) is 0.987.